The Labute approximate surface area is 124 Å². The van der Waals surface area contributed by atoms with Crippen molar-refractivity contribution < 1.29 is 0 Å². The Balaban J connectivity index is 1.87. The molecule has 0 spiro atoms. The second-order valence-electron chi connectivity index (χ2n) is 4.62. The summed E-state index contributed by atoms with van der Waals surface area (Å²) in [5, 5.41) is 12.8. The number of nitrogens with one attached hydrogen (secondary N) is 1. The number of H-pyrrole nitrogens is 1. The standard InChI is InChI=1S/C15H11N5S/c16-15-14(18-20-19-15)13-5-4-12(21-13)11-3-1-2-9-8-17-7-6-10(9)11/h1-8H,(H3,16,18,19,20). The normalized spacial score (nSPS) is 11.0. The fraction of sp³-hybridized carbons (Fsp3) is 0. The van der Waals surface area contributed by atoms with E-state index in [1.165, 1.54) is 15.8 Å². The quantitative estimate of drug-likeness (QED) is 0.594. The number of rotatable bonds is 2. The average Bonchev–Trinajstić information content (AvgIpc) is 3.15. The van der Waals surface area contributed by atoms with Crippen molar-refractivity contribution in [3.8, 4) is 21.0 Å². The molecule has 0 bridgehead atoms. The smallest absolute Gasteiger partial charge is 0.174 e. The zero-order chi connectivity index (χ0) is 14.2. The summed E-state index contributed by atoms with van der Waals surface area (Å²) in [7, 11) is 0. The van der Waals surface area contributed by atoms with Gasteiger partial charge in [0.2, 0.25) is 0 Å². The van der Waals surface area contributed by atoms with Crippen LogP contribution in [0.15, 0.2) is 48.8 Å². The summed E-state index contributed by atoms with van der Waals surface area (Å²) < 4.78 is 0. The maximum Gasteiger partial charge on any atom is 0.174 e. The summed E-state index contributed by atoms with van der Waals surface area (Å²) in [6.07, 6.45) is 3.69. The first-order valence-electron chi connectivity index (χ1n) is 6.42. The Morgan fingerprint density at radius 2 is 1.90 bits per heavy atom. The Kier molecular flexibility index (Phi) is 2.68. The summed E-state index contributed by atoms with van der Waals surface area (Å²) in [6, 6.07) is 12.4. The highest BCUT2D eigenvalue weighted by Crippen LogP contribution is 2.37. The van der Waals surface area contributed by atoms with Gasteiger partial charge in [-0.25, -0.2) is 0 Å². The van der Waals surface area contributed by atoms with Crippen LogP contribution in [0.1, 0.15) is 0 Å². The van der Waals surface area contributed by atoms with Crippen LogP contribution in [0.3, 0.4) is 0 Å². The van der Waals surface area contributed by atoms with Crippen molar-refractivity contribution in [3.63, 3.8) is 0 Å². The number of nitrogen functional groups attached to an aromatic ring is 1. The Hall–Kier alpha value is -2.73. The summed E-state index contributed by atoms with van der Waals surface area (Å²) >= 11 is 1.65. The van der Waals surface area contributed by atoms with Gasteiger partial charge in [0.15, 0.2) is 5.82 Å². The molecule has 102 valence electrons. The van der Waals surface area contributed by atoms with Crippen LogP contribution < -0.4 is 5.73 Å². The van der Waals surface area contributed by atoms with Crippen LogP contribution in [0.4, 0.5) is 5.82 Å². The zero-order valence-corrected chi connectivity index (χ0v) is 11.8. The summed E-state index contributed by atoms with van der Waals surface area (Å²) in [4.78, 5) is 6.34. The monoisotopic (exact) mass is 293 g/mol. The van der Waals surface area contributed by atoms with Gasteiger partial charge in [0.25, 0.3) is 0 Å². The van der Waals surface area contributed by atoms with Crippen LogP contribution in [0, 0.1) is 0 Å². The van der Waals surface area contributed by atoms with Crippen molar-refractivity contribution >= 4 is 27.9 Å². The van der Waals surface area contributed by atoms with Gasteiger partial charge in [-0.3, -0.25) is 4.98 Å². The molecule has 0 fully saturated rings. The maximum absolute atomic E-state index is 5.80. The van der Waals surface area contributed by atoms with E-state index in [2.05, 4.69) is 38.6 Å². The van der Waals surface area contributed by atoms with Gasteiger partial charge in [0.1, 0.15) is 5.69 Å². The van der Waals surface area contributed by atoms with E-state index in [9.17, 15) is 0 Å². The molecule has 1 aromatic carbocycles. The summed E-state index contributed by atoms with van der Waals surface area (Å²) in [5.41, 5.74) is 7.69. The number of fused-ring (bicyclic) bond motifs is 1. The molecule has 3 N–H and O–H groups in total. The van der Waals surface area contributed by atoms with E-state index >= 15 is 0 Å². The van der Waals surface area contributed by atoms with Gasteiger partial charge in [0.05, 0.1) is 4.88 Å². The Bertz CT molecular complexity index is 919. The van der Waals surface area contributed by atoms with E-state index in [1.54, 1.807) is 11.3 Å². The number of anilines is 1. The molecular weight excluding hydrogens is 282 g/mol. The molecule has 0 aliphatic heterocycles. The van der Waals surface area contributed by atoms with Gasteiger partial charge in [-0.05, 0) is 29.1 Å². The minimum Gasteiger partial charge on any atom is -0.380 e. The molecule has 3 heterocycles. The van der Waals surface area contributed by atoms with Crippen molar-refractivity contribution in [2.24, 2.45) is 0 Å². The van der Waals surface area contributed by atoms with E-state index in [0.717, 1.165) is 10.3 Å². The van der Waals surface area contributed by atoms with Crippen molar-refractivity contribution in [2.45, 2.75) is 0 Å². The first kappa shape index (κ1) is 12.0. The number of hydrogen-bond acceptors (Lipinski definition) is 5. The lowest BCUT2D eigenvalue weighted by molar-refractivity contribution is 0.946. The molecule has 5 nitrogen and oxygen atoms in total. The molecular formula is C15H11N5S. The fourth-order valence-corrected chi connectivity index (χ4v) is 3.41. The average molecular weight is 293 g/mol. The first-order chi connectivity index (χ1) is 10.3. The predicted molar refractivity (Wildman–Crippen MR) is 84.8 cm³/mol. The number of thiophene rings is 1. The Morgan fingerprint density at radius 3 is 2.76 bits per heavy atom. The zero-order valence-electron chi connectivity index (χ0n) is 10.9. The van der Waals surface area contributed by atoms with Crippen molar-refractivity contribution in [2.75, 3.05) is 5.73 Å². The second kappa shape index (κ2) is 4.68. The van der Waals surface area contributed by atoms with Crippen LogP contribution in [0.25, 0.3) is 31.8 Å². The van der Waals surface area contributed by atoms with Crippen LogP contribution in [-0.4, -0.2) is 20.4 Å². The fourth-order valence-electron chi connectivity index (χ4n) is 2.37. The number of pyridine rings is 1. The van der Waals surface area contributed by atoms with Gasteiger partial charge >= 0.3 is 0 Å². The SMILES string of the molecule is Nc1n[nH]nc1-c1ccc(-c2cccc3cnccc23)s1. The van der Waals surface area contributed by atoms with E-state index in [0.29, 0.717) is 11.5 Å². The van der Waals surface area contributed by atoms with Gasteiger partial charge in [0, 0.05) is 22.7 Å². The van der Waals surface area contributed by atoms with Gasteiger partial charge in [-0.1, -0.05) is 18.2 Å². The minimum absolute atomic E-state index is 0.422. The molecule has 4 aromatic rings. The van der Waals surface area contributed by atoms with Gasteiger partial charge in [-0.2, -0.15) is 10.3 Å². The van der Waals surface area contributed by atoms with Crippen molar-refractivity contribution in [1.82, 2.24) is 20.4 Å². The minimum atomic E-state index is 0.422. The van der Waals surface area contributed by atoms with Gasteiger partial charge in [-0.15, -0.1) is 16.4 Å². The number of hydrogen-bond donors (Lipinski definition) is 2. The first-order valence-corrected chi connectivity index (χ1v) is 7.24. The van der Waals surface area contributed by atoms with Gasteiger partial charge < -0.3 is 5.73 Å². The van der Waals surface area contributed by atoms with Crippen molar-refractivity contribution in [1.29, 1.82) is 0 Å². The lowest BCUT2D eigenvalue weighted by Crippen LogP contribution is -1.86. The van der Waals surface area contributed by atoms with E-state index in [-0.39, 0.29) is 0 Å². The Morgan fingerprint density at radius 1 is 1.00 bits per heavy atom. The van der Waals surface area contributed by atoms with E-state index in [1.807, 2.05) is 30.6 Å². The molecule has 0 amide bonds. The molecule has 0 radical (unpaired) electrons. The highest BCUT2D eigenvalue weighted by Gasteiger charge is 2.12. The highest BCUT2D eigenvalue weighted by molar-refractivity contribution is 7.18. The number of nitrogens with two attached hydrogens (primary N) is 1. The van der Waals surface area contributed by atoms with E-state index < -0.39 is 0 Å². The molecule has 0 unspecified atom stereocenters. The predicted octanol–water partition coefficient (Wildman–Crippen LogP) is 3.33. The lowest BCUT2D eigenvalue weighted by atomic mass is 10.1. The summed E-state index contributed by atoms with van der Waals surface area (Å²) in [6.45, 7) is 0. The van der Waals surface area contributed by atoms with Crippen molar-refractivity contribution in [3.05, 3.63) is 48.8 Å². The lowest BCUT2D eigenvalue weighted by Gasteiger charge is -2.03. The summed E-state index contributed by atoms with van der Waals surface area (Å²) in [5.74, 6) is 0.422. The molecule has 0 atom stereocenters. The maximum atomic E-state index is 5.80. The molecule has 0 saturated carbocycles. The molecule has 6 heteroatoms. The third-order valence-electron chi connectivity index (χ3n) is 3.36. The number of benzene rings is 1. The number of nitrogens with zero attached hydrogens (tertiary/aromatic N) is 3. The van der Waals surface area contributed by atoms with Crippen LogP contribution >= 0.6 is 11.3 Å². The number of aromatic nitrogens is 4. The second-order valence-corrected chi connectivity index (χ2v) is 5.71. The molecule has 21 heavy (non-hydrogen) atoms. The van der Waals surface area contributed by atoms with Crippen LogP contribution in [0.5, 0.6) is 0 Å². The largest absolute Gasteiger partial charge is 0.380 e. The third kappa shape index (κ3) is 1.96. The third-order valence-corrected chi connectivity index (χ3v) is 4.49. The molecule has 4 rings (SSSR count). The van der Waals surface area contributed by atoms with Crippen LogP contribution in [-0.2, 0) is 0 Å². The highest BCUT2D eigenvalue weighted by atomic mass is 32.1. The molecule has 0 aliphatic carbocycles. The van der Waals surface area contributed by atoms with Crippen LogP contribution in [0.2, 0.25) is 0 Å². The molecule has 0 saturated heterocycles. The number of aromatic amines is 1. The molecule has 3 aromatic heterocycles. The van der Waals surface area contributed by atoms with E-state index in [4.69, 9.17) is 5.73 Å². The molecule has 0 aliphatic rings. The topological polar surface area (TPSA) is 80.5 Å².